The van der Waals surface area contributed by atoms with Crippen LogP contribution in [-0.4, -0.2) is 11.1 Å². The third-order valence-corrected chi connectivity index (χ3v) is 1.33. The highest BCUT2D eigenvalue weighted by molar-refractivity contribution is 5.70. The van der Waals surface area contributed by atoms with Gasteiger partial charge in [-0.1, -0.05) is 18.2 Å². The topological polar surface area (TPSA) is 57.2 Å². The molecule has 3 heteroatoms. The first-order valence-electron chi connectivity index (χ1n) is 3.17. The zero-order valence-electron chi connectivity index (χ0n) is 5.78. The molecule has 0 bridgehead atoms. The van der Waals surface area contributed by atoms with E-state index in [1.807, 2.05) is 0 Å². The first-order valence-corrected chi connectivity index (χ1v) is 3.17. The Labute approximate surface area is 63.9 Å². The molecule has 0 heterocycles. The van der Waals surface area contributed by atoms with Gasteiger partial charge in [0.25, 0.3) is 0 Å². The molecular formula is C8H7O3. The molecule has 11 heavy (non-hydrogen) atoms. The normalized spacial score (nSPS) is 9.45. The molecule has 57 valence electrons. The smallest absolute Gasteiger partial charge is 0.360 e. The van der Waals surface area contributed by atoms with E-state index in [-0.39, 0.29) is 12.2 Å². The van der Waals surface area contributed by atoms with E-state index >= 15 is 0 Å². The van der Waals surface area contributed by atoms with Crippen molar-refractivity contribution in [1.82, 2.24) is 0 Å². The van der Waals surface area contributed by atoms with Crippen molar-refractivity contribution < 1.29 is 15.0 Å². The van der Waals surface area contributed by atoms with E-state index in [1.54, 1.807) is 18.2 Å². The maximum absolute atomic E-state index is 10.1. The fourth-order valence-corrected chi connectivity index (χ4v) is 0.816. The van der Waals surface area contributed by atoms with Crippen molar-refractivity contribution in [3.8, 4) is 5.75 Å². The molecule has 1 radical (unpaired) electrons. The van der Waals surface area contributed by atoms with Crippen molar-refractivity contribution in [3.63, 3.8) is 0 Å². The van der Waals surface area contributed by atoms with Crippen molar-refractivity contribution in [1.29, 1.82) is 0 Å². The van der Waals surface area contributed by atoms with Gasteiger partial charge in [0.1, 0.15) is 5.75 Å². The highest BCUT2D eigenvalue weighted by atomic mass is 16.4. The van der Waals surface area contributed by atoms with Gasteiger partial charge in [-0.05, 0) is 6.07 Å². The van der Waals surface area contributed by atoms with E-state index in [4.69, 9.17) is 5.11 Å². The Morgan fingerprint density at radius 3 is 2.55 bits per heavy atom. The van der Waals surface area contributed by atoms with Crippen LogP contribution in [-0.2, 0) is 16.3 Å². The second-order valence-corrected chi connectivity index (χ2v) is 2.18. The van der Waals surface area contributed by atoms with E-state index in [1.165, 1.54) is 6.07 Å². The summed E-state index contributed by atoms with van der Waals surface area (Å²) in [6, 6.07) is 6.29. The fraction of sp³-hybridized carbons (Fsp3) is 0.125. The van der Waals surface area contributed by atoms with Gasteiger partial charge < -0.3 is 5.11 Å². The SMILES string of the molecule is [O]C(=O)Cc1ccccc1O. The number of rotatable bonds is 2. The lowest BCUT2D eigenvalue weighted by atomic mass is 10.1. The Morgan fingerprint density at radius 1 is 1.36 bits per heavy atom. The van der Waals surface area contributed by atoms with Crippen LogP contribution in [0.3, 0.4) is 0 Å². The molecule has 0 saturated carbocycles. The van der Waals surface area contributed by atoms with Crippen LogP contribution in [0.1, 0.15) is 5.56 Å². The standard InChI is InChI=1S/C8H7O3/c9-7-4-2-1-3-6(7)5-8(10)11/h1-4,9H,5H2. The zero-order valence-corrected chi connectivity index (χ0v) is 5.78. The molecule has 0 atom stereocenters. The molecule has 1 rings (SSSR count). The molecule has 0 aliphatic heterocycles. The zero-order chi connectivity index (χ0) is 8.27. The van der Waals surface area contributed by atoms with Gasteiger partial charge in [-0.25, -0.2) is 9.90 Å². The van der Waals surface area contributed by atoms with Crippen molar-refractivity contribution >= 4 is 5.97 Å². The highest BCUT2D eigenvalue weighted by Crippen LogP contribution is 2.15. The molecule has 0 fully saturated rings. The predicted molar refractivity (Wildman–Crippen MR) is 37.5 cm³/mol. The number of phenols is 1. The van der Waals surface area contributed by atoms with Gasteiger partial charge in [-0.2, -0.15) is 0 Å². The summed E-state index contributed by atoms with van der Waals surface area (Å²) in [6.07, 6.45) is -0.243. The summed E-state index contributed by atoms with van der Waals surface area (Å²) in [5.74, 6) is -1.19. The van der Waals surface area contributed by atoms with Gasteiger partial charge >= 0.3 is 5.97 Å². The van der Waals surface area contributed by atoms with Gasteiger partial charge in [-0.3, -0.25) is 0 Å². The Balaban J connectivity index is 2.86. The van der Waals surface area contributed by atoms with Gasteiger partial charge in [0, 0.05) is 5.56 Å². The van der Waals surface area contributed by atoms with Crippen LogP contribution < -0.4 is 0 Å². The fourth-order valence-electron chi connectivity index (χ4n) is 0.816. The van der Waals surface area contributed by atoms with Crippen LogP contribution in [0.25, 0.3) is 0 Å². The van der Waals surface area contributed by atoms with Gasteiger partial charge in [-0.15, -0.1) is 0 Å². The summed E-state index contributed by atoms with van der Waals surface area (Å²) >= 11 is 0. The van der Waals surface area contributed by atoms with Crippen molar-refractivity contribution in [3.05, 3.63) is 29.8 Å². The Morgan fingerprint density at radius 2 is 2.00 bits per heavy atom. The summed E-state index contributed by atoms with van der Waals surface area (Å²) in [5.41, 5.74) is 0.382. The number of hydrogen-bond acceptors (Lipinski definition) is 2. The van der Waals surface area contributed by atoms with Crippen LogP contribution in [0.5, 0.6) is 5.75 Å². The van der Waals surface area contributed by atoms with Gasteiger partial charge in [0.15, 0.2) is 0 Å². The van der Waals surface area contributed by atoms with E-state index in [9.17, 15) is 9.90 Å². The molecular weight excluding hydrogens is 144 g/mol. The summed E-state index contributed by atoms with van der Waals surface area (Å²) in [6.45, 7) is 0. The van der Waals surface area contributed by atoms with Gasteiger partial charge in [0.05, 0.1) is 6.42 Å². The molecule has 0 aliphatic carbocycles. The van der Waals surface area contributed by atoms with Crippen LogP contribution in [0.4, 0.5) is 0 Å². The second-order valence-electron chi connectivity index (χ2n) is 2.18. The molecule has 1 N–H and O–H groups in total. The minimum absolute atomic E-state index is 0.00306. The first-order chi connectivity index (χ1) is 5.20. The Bertz CT molecular complexity index is 268. The number of carbonyl (C=O) groups excluding carboxylic acids is 1. The van der Waals surface area contributed by atoms with E-state index in [0.717, 1.165) is 0 Å². The average molecular weight is 151 g/mol. The summed E-state index contributed by atoms with van der Waals surface area (Å²) in [4.78, 5) is 10.1. The molecule has 0 spiro atoms. The Kier molecular flexibility index (Phi) is 2.11. The highest BCUT2D eigenvalue weighted by Gasteiger charge is 2.05. The van der Waals surface area contributed by atoms with Crippen LogP contribution >= 0.6 is 0 Å². The largest absolute Gasteiger partial charge is 0.508 e. The van der Waals surface area contributed by atoms with Crippen LogP contribution in [0.15, 0.2) is 24.3 Å². The molecule has 0 unspecified atom stereocenters. The van der Waals surface area contributed by atoms with Gasteiger partial charge in [0.2, 0.25) is 0 Å². The number of phenolic OH excluding ortho intramolecular Hbond substituents is 1. The van der Waals surface area contributed by atoms with Crippen LogP contribution in [0.2, 0.25) is 0 Å². The molecule has 0 saturated heterocycles. The lowest BCUT2D eigenvalue weighted by Gasteiger charge is -1.97. The predicted octanol–water partition coefficient (Wildman–Crippen LogP) is 0.892. The average Bonchev–Trinajstić information content (AvgIpc) is 1.93. The quantitative estimate of drug-likeness (QED) is 0.682. The number of para-hydroxylation sites is 1. The molecule has 0 aliphatic rings. The minimum Gasteiger partial charge on any atom is -0.508 e. The van der Waals surface area contributed by atoms with Crippen molar-refractivity contribution in [2.45, 2.75) is 6.42 Å². The lowest BCUT2D eigenvalue weighted by Crippen LogP contribution is -1.97. The van der Waals surface area contributed by atoms with E-state index < -0.39 is 5.97 Å². The number of benzene rings is 1. The molecule has 3 nitrogen and oxygen atoms in total. The Hall–Kier alpha value is -1.51. The number of carbonyl (C=O) groups is 1. The first kappa shape index (κ1) is 7.60. The molecule has 1 aromatic rings. The minimum atomic E-state index is -1.19. The maximum atomic E-state index is 10.1. The number of hydrogen-bond donors (Lipinski definition) is 1. The molecule has 1 aromatic carbocycles. The number of aromatic hydroxyl groups is 1. The molecule has 0 aromatic heterocycles. The lowest BCUT2D eigenvalue weighted by molar-refractivity contribution is -0.142. The summed E-state index contributed by atoms with van der Waals surface area (Å²) < 4.78 is 0. The monoisotopic (exact) mass is 151 g/mol. The van der Waals surface area contributed by atoms with E-state index in [0.29, 0.717) is 5.56 Å². The maximum Gasteiger partial charge on any atom is 0.360 e. The summed E-state index contributed by atoms with van der Waals surface area (Å²) in [5, 5.41) is 19.2. The second kappa shape index (κ2) is 3.05. The third-order valence-electron chi connectivity index (χ3n) is 1.33. The molecule has 0 amide bonds. The summed E-state index contributed by atoms with van der Waals surface area (Å²) in [7, 11) is 0. The third kappa shape index (κ3) is 1.97. The van der Waals surface area contributed by atoms with Crippen LogP contribution in [0, 0.1) is 0 Å². The van der Waals surface area contributed by atoms with Crippen molar-refractivity contribution in [2.24, 2.45) is 0 Å². The van der Waals surface area contributed by atoms with E-state index in [2.05, 4.69) is 0 Å². The van der Waals surface area contributed by atoms with Crippen molar-refractivity contribution in [2.75, 3.05) is 0 Å².